The number of rotatable bonds is 6. The normalized spacial score (nSPS) is 10.4. The summed E-state index contributed by atoms with van der Waals surface area (Å²) in [5.74, 6) is 1.40. The molecule has 0 aliphatic heterocycles. The molecule has 0 saturated carbocycles. The van der Waals surface area contributed by atoms with Crippen LogP contribution < -0.4 is 10.6 Å². The van der Waals surface area contributed by atoms with Crippen molar-refractivity contribution in [1.82, 2.24) is 15.0 Å². The zero-order valence-corrected chi connectivity index (χ0v) is 14.0. The lowest BCUT2D eigenvalue weighted by molar-refractivity contribution is 1.05. The highest BCUT2D eigenvalue weighted by Crippen LogP contribution is 2.20. The Labute approximate surface area is 142 Å². The molecule has 0 amide bonds. The number of nitrogens with one attached hydrogen (secondary N) is 2. The van der Waals surface area contributed by atoms with Crippen molar-refractivity contribution in [1.29, 1.82) is 0 Å². The average molecular weight is 319 g/mol. The van der Waals surface area contributed by atoms with Crippen LogP contribution in [0.3, 0.4) is 0 Å². The quantitative estimate of drug-likeness (QED) is 0.716. The van der Waals surface area contributed by atoms with Gasteiger partial charge in [0, 0.05) is 36.4 Å². The van der Waals surface area contributed by atoms with Gasteiger partial charge in [0.1, 0.15) is 5.82 Å². The zero-order chi connectivity index (χ0) is 16.8. The minimum absolute atomic E-state index is 0.601. The van der Waals surface area contributed by atoms with Crippen molar-refractivity contribution in [3.05, 3.63) is 71.7 Å². The van der Waals surface area contributed by atoms with Gasteiger partial charge in [-0.2, -0.15) is 4.98 Å². The summed E-state index contributed by atoms with van der Waals surface area (Å²) in [5, 5.41) is 6.65. The van der Waals surface area contributed by atoms with Gasteiger partial charge in [0.15, 0.2) is 0 Å². The molecule has 0 atom stereocenters. The number of para-hydroxylation sites is 1. The molecule has 0 spiro atoms. The van der Waals surface area contributed by atoms with E-state index in [0.717, 1.165) is 29.2 Å². The van der Waals surface area contributed by atoms with Crippen molar-refractivity contribution in [2.75, 3.05) is 10.6 Å². The summed E-state index contributed by atoms with van der Waals surface area (Å²) in [6.07, 6.45) is 4.57. The number of nitrogens with zero attached hydrogens (tertiary/aromatic N) is 3. The van der Waals surface area contributed by atoms with Crippen LogP contribution in [-0.4, -0.2) is 15.0 Å². The highest BCUT2D eigenvalue weighted by Gasteiger charge is 2.05. The highest BCUT2D eigenvalue weighted by molar-refractivity contribution is 5.59. The second-order valence-corrected chi connectivity index (χ2v) is 5.57. The number of aryl methyl sites for hydroxylation is 2. The number of anilines is 3. The minimum Gasteiger partial charge on any atom is -0.366 e. The summed E-state index contributed by atoms with van der Waals surface area (Å²) >= 11 is 0. The van der Waals surface area contributed by atoms with Gasteiger partial charge < -0.3 is 10.6 Å². The van der Waals surface area contributed by atoms with Gasteiger partial charge in [-0.3, -0.25) is 4.98 Å². The largest absolute Gasteiger partial charge is 0.366 e. The van der Waals surface area contributed by atoms with Crippen molar-refractivity contribution in [2.24, 2.45) is 0 Å². The number of pyridine rings is 1. The Morgan fingerprint density at radius 3 is 2.71 bits per heavy atom. The maximum atomic E-state index is 4.57. The lowest BCUT2D eigenvalue weighted by Gasteiger charge is -2.12. The maximum absolute atomic E-state index is 4.57. The first-order valence-electron chi connectivity index (χ1n) is 8.08. The fourth-order valence-electron chi connectivity index (χ4n) is 2.48. The van der Waals surface area contributed by atoms with Crippen molar-refractivity contribution < 1.29 is 0 Å². The molecule has 2 aromatic heterocycles. The zero-order valence-electron chi connectivity index (χ0n) is 14.0. The average Bonchev–Trinajstić information content (AvgIpc) is 2.61. The summed E-state index contributed by atoms with van der Waals surface area (Å²) in [6.45, 7) is 4.78. The van der Waals surface area contributed by atoms with Gasteiger partial charge in [-0.1, -0.05) is 31.2 Å². The molecule has 0 aliphatic carbocycles. The lowest BCUT2D eigenvalue weighted by Crippen LogP contribution is -2.06. The molecule has 24 heavy (non-hydrogen) atoms. The van der Waals surface area contributed by atoms with Crippen LogP contribution in [0.25, 0.3) is 0 Å². The Kier molecular flexibility index (Phi) is 5.01. The minimum atomic E-state index is 0.601. The third kappa shape index (κ3) is 4.07. The van der Waals surface area contributed by atoms with E-state index in [9.17, 15) is 0 Å². The standard InChI is InChI=1S/C19H21N5/c1-3-16-8-4-5-9-17(16)23-19-22-14(2)11-18(24-19)21-13-15-7-6-10-20-12-15/h4-12H,3,13H2,1-2H3,(H2,21,22,23,24). The molecule has 2 heterocycles. The van der Waals surface area contributed by atoms with E-state index < -0.39 is 0 Å². The van der Waals surface area contributed by atoms with Gasteiger partial charge in [-0.05, 0) is 36.6 Å². The first-order chi connectivity index (χ1) is 11.7. The Balaban J connectivity index is 1.76. The fraction of sp³-hybridized carbons (Fsp3) is 0.211. The van der Waals surface area contributed by atoms with Gasteiger partial charge in [0.25, 0.3) is 0 Å². The Hall–Kier alpha value is -2.95. The smallest absolute Gasteiger partial charge is 0.229 e. The van der Waals surface area contributed by atoms with E-state index in [0.29, 0.717) is 12.5 Å². The summed E-state index contributed by atoms with van der Waals surface area (Å²) in [7, 11) is 0. The third-order valence-electron chi connectivity index (χ3n) is 3.70. The topological polar surface area (TPSA) is 62.7 Å². The molecule has 5 nitrogen and oxygen atoms in total. The van der Waals surface area contributed by atoms with E-state index in [1.165, 1.54) is 5.56 Å². The predicted molar refractivity (Wildman–Crippen MR) is 97.4 cm³/mol. The van der Waals surface area contributed by atoms with Crippen LogP contribution in [-0.2, 0) is 13.0 Å². The second-order valence-electron chi connectivity index (χ2n) is 5.57. The maximum Gasteiger partial charge on any atom is 0.229 e. The van der Waals surface area contributed by atoms with Crippen LogP contribution in [0, 0.1) is 6.92 Å². The molecule has 3 rings (SSSR count). The molecule has 122 valence electrons. The Bertz CT molecular complexity index is 802. The summed E-state index contributed by atoms with van der Waals surface area (Å²) in [4.78, 5) is 13.2. The van der Waals surface area contributed by atoms with Crippen LogP contribution in [0.4, 0.5) is 17.5 Å². The van der Waals surface area contributed by atoms with Crippen LogP contribution >= 0.6 is 0 Å². The molecule has 0 unspecified atom stereocenters. The molecule has 5 heteroatoms. The van der Waals surface area contributed by atoms with E-state index >= 15 is 0 Å². The van der Waals surface area contributed by atoms with Crippen LogP contribution in [0.2, 0.25) is 0 Å². The molecule has 3 aromatic rings. The van der Waals surface area contributed by atoms with Gasteiger partial charge in [-0.25, -0.2) is 4.98 Å². The third-order valence-corrected chi connectivity index (χ3v) is 3.70. The van der Waals surface area contributed by atoms with Gasteiger partial charge in [0.2, 0.25) is 5.95 Å². The van der Waals surface area contributed by atoms with E-state index in [4.69, 9.17) is 0 Å². The SMILES string of the molecule is CCc1ccccc1Nc1nc(C)cc(NCc2cccnc2)n1. The number of aromatic nitrogens is 3. The molecule has 2 N–H and O–H groups in total. The number of hydrogen-bond donors (Lipinski definition) is 2. The monoisotopic (exact) mass is 319 g/mol. The molecule has 0 fully saturated rings. The first kappa shape index (κ1) is 15.9. The molecule has 1 aromatic carbocycles. The predicted octanol–water partition coefficient (Wildman–Crippen LogP) is 4.10. The van der Waals surface area contributed by atoms with Crippen molar-refractivity contribution in [3.8, 4) is 0 Å². The molecule has 0 radical (unpaired) electrons. The Morgan fingerprint density at radius 2 is 1.92 bits per heavy atom. The summed E-state index contributed by atoms with van der Waals surface area (Å²) in [5.41, 5.74) is 4.31. The van der Waals surface area contributed by atoms with E-state index in [-0.39, 0.29) is 0 Å². The fourth-order valence-corrected chi connectivity index (χ4v) is 2.48. The van der Waals surface area contributed by atoms with Gasteiger partial charge in [-0.15, -0.1) is 0 Å². The van der Waals surface area contributed by atoms with E-state index in [1.807, 2.05) is 49.5 Å². The molecular formula is C19H21N5. The highest BCUT2D eigenvalue weighted by atomic mass is 15.1. The van der Waals surface area contributed by atoms with Crippen LogP contribution in [0.15, 0.2) is 54.9 Å². The van der Waals surface area contributed by atoms with E-state index in [1.54, 1.807) is 6.20 Å². The van der Waals surface area contributed by atoms with Crippen molar-refractivity contribution in [3.63, 3.8) is 0 Å². The molecule has 0 saturated heterocycles. The second kappa shape index (κ2) is 7.55. The first-order valence-corrected chi connectivity index (χ1v) is 8.08. The van der Waals surface area contributed by atoms with Gasteiger partial charge >= 0.3 is 0 Å². The molecular weight excluding hydrogens is 298 g/mol. The Morgan fingerprint density at radius 1 is 1.04 bits per heavy atom. The number of hydrogen-bond acceptors (Lipinski definition) is 5. The lowest BCUT2D eigenvalue weighted by atomic mass is 10.1. The van der Waals surface area contributed by atoms with Crippen LogP contribution in [0.5, 0.6) is 0 Å². The molecule has 0 bridgehead atoms. The van der Waals surface area contributed by atoms with E-state index in [2.05, 4.69) is 38.6 Å². The molecule has 0 aliphatic rings. The van der Waals surface area contributed by atoms with Crippen LogP contribution in [0.1, 0.15) is 23.7 Å². The van der Waals surface area contributed by atoms with Gasteiger partial charge in [0.05, 0.1) is 0 Å². The van der Waals surface area contributed by atoms with Crippen molar-refractivity contribution >= 4 is 17.5 Å². The number of benzene rings is 1. The summed E-state index contributed by atoms with van der Waals surface area (Å²) in [6, 6.07) is 14.1. The summed E-state index contributed by atoms with van der Waals surface area (Å²) < 4.78 is 0. The van der Waals surface area contributed by atoms with Crippen molar-refractivity contribution in [2.45, 2.75) is 26.8 Å².